The van der Waals surface area contributed by atoms with Gasteiger partial charge in [0.25, 0.3) is 0 Å². The lowest BCUT2D eigenvalue weighted by Crippen LogP contribution is -2.52. The summed E-state index contributed by atoms with van der Waals surface area (Å²) in [5.41, 5.74) is 1.07. The van der Waals surface area contributed by atoms with E-state index in [9.17, 15) is 4.79 Å². The van der Waals surface area contributed by atoms with Crippen LogP contribution in [0.2, 0.25) is 0 Å². The molecule has 0 saturated carbocycles. The fourth-order valence-corrected chi connectivity index (χ4v) is 3.23. The fraction of sp³-hybridized carbons (Fsp3) is 0.714. The van der Waals surface area contributed by atoms with Crippen molar-refractivity contribution in [3.05, 3.63) is 16.1 Å². The van der Waals surface area contributed by atoms with Crippen molar-refractivity contribution in [2.24, 2.45) is 0 Å². The highest BCUT2D eigenvalue weighted by atomic mass is 32.1. The van der Waals surface area contributed by atoms with Crippen molar-refractivity contribution >= 4 is 17.2 Å². The van der Waals surface area contributed by atoms with E-state index in [0.717, 1.165) is 43.1 Å². The van der Waals surface area contributed by atoms with Crippen molar-refractivity contribution in [3.63, 3.8) is 0 Å². The van der Waals surface area contributed by atoms with Crippen LogP contribution in [0, 0.1) is 6.92 Å². The number of rotatable bonds is 5. The number of aromatic nitrogens is 1. The first-order valence-corrected chi connectivity index (χ1v) is 7.90. The molecular weight excluding hydrogens is 258 g/mol. The number of nitrogens with zero attached hydrogens (tertiary/aromatic N) is 2. The third-order valence-corrected chi connectivity index (χ3v) is 4.35. The molecule has 4 nitrogen and oxygen atoms in total. The summed E-state index contributed by atoms with van der Waals surface area (Å²) in [6.45, 7) is 7.87. The van der Waals surface area contributed by atoms with Crippen molar-refractivity contribution in [1.82, 2.24) is 15.2 Å². The summed E-state index contributed by atoms with van der Waals surface area (Å²) in [7, 11) is 0. The number of amides is 1. The third kappa shape index (κ3) is 4.01. The Labute approximate surface area is 119 Å². The molecule has 1 atom stereocenters. The Balaban J connectivity index is 1.87. The average molecular weight is 281 g/mol. The van der Waals surface area contributed by atoms with Gasteiger partial charge >= 0.3 is 0 Å². The van der Waals surface area contributed by atoms with E-state index < -0.39 is 0 Å². The van der Waals surface area contributed by atoms with Gasteiger partial charge in [-0.25, -0.2) is 4.98 Å². The quantitative estimate of drug-likeness (QED) is 0.897. The van der Waals surface area contributed by atoms with E-state index >= 15 is 0 Å². The molecule has 1 aliphatic heterocycles. The van der Waals surface area contributed by atoms with Gasteiger partial charge in [-0.05, 0) is 19.8 Å². The van der Waals surface area contributed by atoms with Crippen molar-refractivity contribution < 1.29 is 4.79 Å². The number of thiazole rings is 1. The molecule has 1 aromatic heterocycles. The highest BCUT2D eigenvalue weighted by molar-refractivity contribution is 7.09. The molecule has 106 valence electrons. The molecule has 1 aromatic rings. The summed E-state index contributed by atoms with van der Waals surface area (Å²) in [4.78, 5) is 18.8. The van der Waals surface area contributed by atoms with E-state index in [-0.39, 0.29) is 11.9 Å². The van der Waals surface area contributed by atoms with Crippen LogP contribution in [0.25, 0.3) is 0 Å². The van der Waals surface area contributed by atoms with Crippen molar-refractivity contribution in [3.8, 4) is 0 Å². The summed E-state index contributed by atoms with van der Waals surface area (Å²) < 4.78 is 0. The van der Waals surface area contributed by atoms with Gasteiger partial charge in [0, 0.05) is 36.6 Å². The third-order valence-electron chi connectivity index (χ3n) is 3.33. The Hall–Kier alpha value is -0.940. The van der Waals surface area contributed by atoms with Gasteiger partial charge in [0.05, 0.1) is 11.0 Å². The van der Waals surface area contributed by atoms with E-state index in [0.29, 0.717) is 6.04 Å². The maximum absolute atomic E-state index is 12.3. The molecule has 1 saturated heterocycles. The molecule has 0 aliphatic carbocycles. The highest BCUT2D eigenvalue weighted by Gasteiger charge is 2.28. The van der Waals surface area contributed by atoms with E-state index in [1.807, 2.05) is 11.8 Å². The van der Waals surface area contributed by atoms with Gasteiger partial charge in [-0.1, -0.05) is 13.8 Å². The number of piperidine rings is 1. The largest absolute Gasteiger partial charge is 0.341 e. The highest BCUT2D eigenvalue weighted by Crippen LogP contribution is 2.15. The molecule has 1 aliphatic rings. The van der Waals surface area contributed by atoms with E-state index in [1.165, 1.54) is 0 Å². The number of nitrogens with one attached hydrogen (secondary N) is 1. The Morgan fingerprint density at radius 3 is 3.00 bits per heavy atom. The van der Waals surface area contributed by atoms with Gasteiger partial charge in [-0.3, -0.25) is 4.79 Å². The molecule has 1 fully saturated rings. The predicted octanol–water partition coefficient (Wildman–Crippen LogP) is 1.98. The standard InChI is InChI=1S/C14H23N3OS/c1-10(2)15-12-5-4-7-17(14(12)18)8-6-13-16-11(3)9-19-13/h9-10,12,15H,4-8H2,1-3H3. The maximum atomic E-state index is 12.3. The van der Waals surface area contributed by atoms with Gasteiger partial charge in [0.2, 0.25) is 5.91 Å². The Morgan fingerprint density at radius 1 is 1.58 bits per heavy atom. The minimum Gasteiger partial charge on any atom is -0.341 e. The summed E-state index contributed by atoms with van der Waals surface area (Å²) in [5, 5.41) is 6.55. The smallest absolute Gasteiger partial charge is 0.239 e. The average Bonchev–Trinajstić information content (AvgIpc) is 2.76. The topological polar surface area (TPSA) is 45.2 Å². The summed E-state index contributed by atoms with van der Waals surface area (Å²) in [5.74, 6) is 0.258. The van der Waals surface area contributed by atoms with Gasteiger partial charge in [0.15, 0.2) is 0 Å². The number of hydrogen-bond donors (Lipinski definition) is 1. The first kappa shape index (κ1) is 14.5. The van der Waals surface area contributed by atoms with Crippen LogP contribution in [0.1, 0.15) is 37.4 Å². The molecule has 2 heterocycles. The zero-order chi connectivity index (χ0) is 13.8. The molecule has 19 heavy (non-hydrogen) atoms. The Kier molecular flexibility index (Phi) is 4.93. The fourth-order valence-electron chi connectivity index (χ4n) is 2.47. The molecule has 1 N–H and O–H groups in total. The van der Waals surface area contributed by atoms with Crippen LogP contribution in [-0.2, 0) is 11.2 Å². The zero-order valence-corrected chi connectivity index (χ0v) is 12.8. The maximum Gasteiger partial charge on any atom is 0.239 e. The lowest BCUT2D eigenvalue weighted by molar-refractivity contribution is -0.136. The monoisotopic (exact) mass is 281 g/mol. The zero-order valence-electron chi connectivity index (χ0n) is 12.0. The second kappa shape index (κ2) is 6.48. The first-order chi connectivity index (χ1) is 9.06. The second-order valence-corrected chi connectivity index (χ2v) is 6.42. The lowest BCUT2D eigenvalue weighted by Gasteiger charge is -2.33. The van der Waals surface area contributed by atoms with Crippen molar-refractivity contribution in [2.45, 2.75) is 52.1 Å². The van der Waals surface area contributed by atoms with Crippen LogP contribution in [0.5, 0.6) is 0 Å². The Bertz CT molecular complexity index is 430. The molecule has 2 rings (SSSR count). The molecule has 1 amide bonds. The minimum atomic E-state index is 0.00628. The van der Waals surface area contributed by atoms with Gasteiger partial charge in [0.1, 0.15) is 0 Å². The van der Waals surface area contributed by atoms with Crippen LogP contribution >= 0.6 is 11.3 Å². The van der Waals surface area contributed by atoms with Gasteiger partial charge in [-0.2, -0.15) is 0 Å². The lowest BCUT2D eigenvalue weighted by atomic mass is 10.0. The van der Waals surface area contributed by atoms with Crippen LogP contribution in [0.15, 0.2) is 5.38 Å². The van der Waals surface area contributed by atoms with Crippen molar-refractivity contribution in [1.29, 1.82) is 0 Å². The minimum absolute atomic E-state index is 0.00628. The number of likely N-dealkylation sites (tertiary alicyclic amines) is 1. The SMILES string of the molecule is Cc1csc(CCN2CCCC(NC(C)C)C2=O)n1. The first-order valence-electron chi connectivity index (χ1n) is 7.02. The molecule has 0 aromatic carbocycles. The number of aryl methyl sites for hydroxylation is 1. The molecular formula is C14H23N3OS. The predicted molar refractivity (Wildman–Crippen MR) is 78.4 cm³/mol. The second-order valence-electron chi connectivity index (χ2n) is 5.47. The summed E-state index contributed by atoms with van der Waals surface area (Å²) >= 11 is 1.69. The molecule has 1 unspecified atom stereocenters. The van der Waals surface area contributed by atoms with Crippen molar-refractivity contribution in [2.75, 3.05) is 13.1 Å². The van der Waals surface area contributed by atoms with E-state index in [4.69, 9.17) is 0 Å². The molecule has 5 heteroatoms. The van der Waals surface area contributed by atoms with Crippen LogP contribution in [0.3, 0.4) is 0 Å². The van der Waals surface area contributed by atoms with E-state index in [2.05, 4.69) is 29.5 Å². The normalized spacial score (nSPS) is 20.3. The van der Waals surface area contributed by atoms with Crippen LogP contribution in [-0.4, -0.2) is 41.0 Å². The number of carbonyl (C=O) groups is 1. The summed E-state index contributed by atoms with van der Waals surface area (Å²) in [6, 6.07) is 0.363. The summed E-state index contributed by atoms with van der Waals surface area (Å²) in [6.07, 6.45) is 2.93. The van der Waals surface area contributed by atoms with Crippen LogP contribution < -0.4 is 5.32 Å². The van der Waals surface area contributed by atoms with Crippen LogP contribution in [0.4, 0.5) is 0 Å². The van der Waals surface area contributed by atoms with Gasteiger partial charge < -0.3 is 10.2 Å². The number of hydrogen-bond acceptors (Lipinski definition) is 4. The van der Waals surface area contributed by atoms with Gasteiger partial charge in [-0.15, -0.1) is 11.3 Å². The molecule has 0 bridgehead atoms. The number of carbonyl (C=O) groups excluding carboxylic acids is 1. The molecule has 0 spiro atoms. The van der Waals surface area contributed by atoms with E-state index in [1.54, 1.807) is 11.3 Å². The Morgan fingerprint density at radius 2 is 2.37 bits per heavy atom. The molecule has 0 radical (unpaired) electrons.